The van der Waals surface area contributed by atoms with Crippen LogP contribution >= 0.6 is 12.6 Å². The zero-order chi connectivity index (χ0) is 16.4. The van der Waals surface area contributed by atoms with Crippen molar-refractivity contribution in [1.82, 2.24) is 5.32 Å². The van der Waals surface area contributed by atoms with Crippen LogP contribution in [0.5, 0.6) is 0 Å². The van der Waals surface area contributed by atoms with Crippen LogP contribution in [0.15, 0.2) is 0 Å². The second-order valence-electron chi connectivity index (χ2n) is 3.60. The Balaban J connectivity index is -0.000000153. The van der Waals surface area contributed by atoms with Crippen molar-refractivity contribution in [3.05, 3.63) is 6.92 Å². The zero-order valence-electron chi connectivity index (χ0n) is 12.5. The summed E-state index contributed by atoms with van der Waals surface area (Å²) in [5.41, 5.74) is 9.08. The molecular formula is C12H28N3O4SV-. The van der Waals surface area contributed by atoms with E-state index >= 15 is 0 Å². The van der Waals surface area contributed by atoms with Crippen LogP contribution in [0.3, 0.4) is 0 Å². The van der Waals surface area contributed by atoms with E-state index in [-0.39, 0.29) is 61.7 Å². The van der Waals surface area contributed by atoms with Gasteiger partial charge in [-0.3, -0.25) is 9.59 Å². The molecule has 127 valence electrons. The molecule has 0 aromatic carbocycles. The van der Waals surface area contributed by atoms with Crippen molar-refractivity contribution in [3.63, 3.8) is 0 Å². The number of nitrogens with two attached hydrogens (primary N) is 2. The average Bonchev–Trinajstić information content (AvgIpc) is 2.49. The first-order valence-electron chi connectivity index (χ1n) is 6.26. The van der Waals surface area contributed by atoms with Gasteiger partial charge in [0, 0.05) is 44.2 Å². The van der Waals surface area contributed by atoms with E-state index in [0.717, 1.165) is 12.8 Å². The van der Waals surface area contributed by atoms with Gasteiger partial charge < -0.3 is 33.9 Å². The van der Waals surface area contributed by atoms with Gasteiger partial charge in [0.25, 0.3) is 0 Å². The number of nitrogens with one attached hydrogen (secondary N) is 1. The second kappa shape index (κ2) is 24.8. The van der Waals surface area contributed by atoms with Gasteiger partial charge in [-0.25, -0.2) is 0 Å². The fourth-order valence-electron chi connectivity index (χ4n) is 0.947. The van der Waals surface area contributed by atoms with Gasteiger partial charge in [-0.15, -0.1) is 6.42 Å². The summed E-state index contributed by atoms with van der Waals surface area (Å²) in [4.78, 5) is 20.2. The van der Waals surface area contributed by atoms with Gasteiger partial charge >= 0.3 is 0 Å². The number of hydrogen-bond acceptors (Lipinski definition) is 6. The molecule has 21 heavy (non-hydrogen) atoms. The standard InChI is InChI=1S/C9H18NO3.C2H5NOS.CH5N.V/c1-2-9(13)10-5-3-4-8(6-11)7-12;3-2(4)1-5;1-2;/h8,11-12H,1-7H2,(H,10,13);5H,1H2,(H2,3,4);2H2,1H3;/q-1;;;. The van der Waals surface area contributed by atoms with Crippen LogP contribution in [0, 0.1) is 12.8 Å². The third-order valence-electron chi connectivity index (χ3n) is 2.01. The van der Waals surface area contributed by atoms with Crippen molar-refractivity contribution < 1.29 is 38.4 Å². The van der Waals surface area contributed by atoms with Crippen molar-refractivity contribution in [3.8, 4) is 0 Å². The van der Waals surface area contributed by atoms with E-state index in [1.165, 1.54) is 7.05 Å². The minimum atomic E-state index is -0.381. The molecule has 9 heteroatoms. The number of carbonyl (C=O) groups is 2. The van der Waals surface area contributed by atoms with Gasteiger partial charge in [-0.05, 0) is 19.9 Å². The Morgan fingerprint density at radius 2 is 1.71 bits per heavy atom. The molecule has 0 bridgehead atoms. The summed E-state index contributed by atoms with van der Waals surface area (Å²) < 4.78 is 0. The van der Waals surface area contributed by atoms with Crippen LogP contribution in [-0.2, 0) is 28.1 Å². The van der Waals surface area contributed by atoms with E-state index in [0.29, 0.717) is 6.54 Å². The molecule has 0 aliphatic rings. The Bertz CT molecular complexity index is 233. The topological polar surface area (TPSA) is 139 Å². The molecule has 0 saturated carbocycles. The van der Waals surface area contributed by atoms with Gasteiger partial charge in [-0.1, -0.05) is 0 Å². The molecule has 0 aromatic rings. The zero-order valence-corrected chi connectivity index (χ0v) is 14.8. The summed E-state index contributed by atoms with van der Waals surface area (Å²) in [6, 6.07) is 0. The Hall–Kier alpha value is -0.246. The monoisotopic (exact) mass is 361 g/mol. The maximum absolute atomic E-state index is 10.7. The molecule has 0 fully saturated rings. The number of amides is 2. The molecule has 2 amide bonds. The average molecular weight is 361 g/mol. The van der Waals surface area contributed by atoms with Crippen LogP contribution < -0.4 is 16.8 Å². The molecular weight excluding hydrogens is 333 g/mol. The fraction of sp³-hybridized carbons (Fsp3) is 0.750. The summed E-state index contributed by atoms with van der Waals surface area (Å²) in [5.74, 6) is -0.366. The minimum Gasteiger partial charge on any atom is -0.396 e. The number of aliphatic hydroxyl groups excluding tert-OH is 2. The molecule has 0 spiro atoms. The molecule has 7 N–H and O–H groups in total. The molecule has 0 aliphatic carbocycles. The van der Waals surface area contributed by atoms with E-state index in [4.69, 9.17) is 10.2 Å². The van der Waals surface area contributed by atoms with Crippen LogP contribution in [0.25, 0.3) is 0 Å². The van der Waals surface area contributed by atoms with E-state index in [9.17, 15) is 9.59 Å². The molecule has 0 aliphatic heterocycles. The Morgan fingerprint density at radius 3 is 2.00 bits per heavy atom. The molecule has 0 aromatic heterocycles. The molecule has 1 radical (unpaired) electrons. The van der Waals surface area contributed by atoms with Crippen LogP contribution in [0.2, 0.25) is 0 Å². The largest absolute Gasteiger partial charge is 0.396 e. The number of primary amides is 1. The minimum absolute atomic E-state index is 0. The van der Waals surface area contributed by atoms with E-state index in [1.54, 1.807) is 0 Å². The van der Waals surface area contributed by atoms with Crippen LogP contribution in [0.4, 0.5) is 0 Å². The quantitative estimate of drug-likeness (QED) is 0.181. The fourth-order valence-corrected chi connectivity index (χ4v) is 0.947. The van der Waals surface area contributed by atoms with E-state index in [2.05, 4.69) is 36.3 Å². The summed E-state index contributed by atoms with van der Waals surface area (Å²) in [6.45, 7) is 4.03. The van der Waals surface area contributed by atoms with Gasteiger partial charge in [0.2, 0.25) is 5.91 Å². The number of aliphatic hydroxyl groups is 2. The van der Waals surface area contributed by atoms with Crippen LogP contribution in [0.1, 0.15) is 19.3 Å². The van der Waals surface area contributed by atoms with Gasteiger partial charge in [0.1, 0.15) is 0 Å². The van der Waals surface area contributed by atoms with E-state index < -0.39 is 0 Å². The summed E-state index contributed by atoms with van der Waals surface area (Å²) in [7, 11) is 1.50. The van der Waals surface area contributed by atoms with Crippen LogP contribution in [-0.4, -0.2) is 54.6 Å². The number of carbonyl (C=O) groups excluding carboxylic acids is 2. The molecule has 0 saturated heterocycles. The molecule has 7 nitrogen and oxygen atoms in total. The molecule has 0 rings (SSSR count). The number of thiol groups is 1. The first-order valence-corrected chi connectivity index (χ1v) is 6.89. The SMILES string of the molecule is CN.NC(=O)CS.[CH2-]CC(=O)NCCCC(CO)CO.[V]. The molecule has 0 unspecified atom stereocenters. The second-order valence-corrected chi connectivity index (χ2v) is 3.91. The van der Waals surface area contributed by atoms with Crippen molar-refractivity contribution in [2.24, 2.45) is 17.4 Å². The summed E-state index contributed by atoms with van der Waals surface area (Å²) in [6.07, 6.45) is 1.76. The Labute approximate surface area is 144 Å². The van der Waals surface area contributed by atoms with Crippen molar-refractivity contribution in [2.75, 3.05) is 32.6 Å². The maximum Gasteiger partial charge on any atom is 0.227 e. The van der Waals surface area contributed by atoms with Crippen molar-refractivity contribution in [1.29, 1.82) is 0 Å². The Kier molecular flexibility index (Phi) is 34.0. The number of rotatable bonds is 8. The first-order chi connectivity index (χ1) is 9.51. The van der Waals surface area contributed by atoms with Gasteiger partial charge in [-0.2, -0.15) is 12.6 Å². The van der Waals surface area contributed by atoms with E-state index in [1.807, 2.05) is 0 Å². The third-order valence-corrected chi connectivity index (χ3v) is 2.32. The summed E-state index contributed by atoms with van der Waals surface area (Å²) in [5, 5.41) is 20.1. The smallest absolute Gasteiger partial charge is 0.227 e. The normalized spacial score (nSPS) is 8.52. The van der Waals surface area contributed by atoms with Crippen molar-refractivity contribution >= 4 is 24.4 Å². The molecule has 0 heterocycles. The van der Waals surface area contributed by atoms with Gasteiger partial charge in [0.15, 0.2) is 5.91 Å². The molecule has 0 atom stereocenters. The maximum atomic E-state index is 10.7. The first kappa shape index (κ1) is 28.9. The predicted molar refractivity (Wildman–Crippen MR) is 83.0 cm³/mol. The van der Waals surface area contributed by atoms with Gasteiger partial charge in [0.05, 0.1) is 5.75 Å². The predicted octanol–water partition coefficient (Wildman–Crippen LogP) is -1.32. The number of hydrogen-bond donors (Lipinski definition) is 6. The Morgan fingerprint density at radius 1 is 1.29 bits per heavy atom. The summed E-state index contributed by atoms with van der Waals surface area (Å²) >= 11 is 3.54. The van der Waals surface area contributed by atoms with Crippen molar-refractivity contribution in [2.45, 2.75) is 19.3 Å². The third kappa shape index (κ3) is 28.6.